The van der Waals surface area contributed by atoms with Gasteiger partial charge in [-0.15, -0.1) is 0 Å². The average molecular weight is 639 g/mol. The molecule has 48 heavy (non-hydrogen) atoms. The van der Waals surface area contributed by atoms with E-state index in [2.05, 4.69) is 195 Å². The molecule has 0 N–H and O–H groups in total. The molecular weight excluding hydrogens is 592 g/mol. The molecular formula is C42H46N4O2. The van der Waals surface area contributed by atoms with E-state index in [1.165, 1.54) is 11.1 Å². The van der Waals surface area contributed by atoms with Crippen LogP contribution >= 0.6 is 0 Å². The van der Waals surface area contributed by atoms with Gasteiger partial charge in [-0.05, 0) is 64.4 Å². The van der Waals surface area contributed by atoms with Gasteiger partial charge in [0.1, 0.15) is 13.5 Å². The summed E-state index contributed by atoms with van der Waals surface area (Å²) < 4.78 is 13.1. The number of hydrogen-bond acceptors (Lipinski definition) is 6. The first kappa shape index (κ1) is 31.8. The van der Waals surface area contributed by atoms with E-state index in [9.17, 15) is 0 Å². The van der Waals surface area contributed by atoms with Crippen molar-refractivity contribution in [2.24, 2.45) is 0 Å². The second-order valence-electron chi connectivity index (χ2n) is 14.7. The van der Waals surface area contributed by atoms with E-state index in [0.717, 1.165) is 33.9 Å². The van der Waals surface area contributed by atoms with E-state index in [-0.39, 0.29) is 23.3 Å². The lowest BCUT2D eigenvalue weighted by atomic mass is 9.86. The zero-order valence-corrected chi connectivity index (χ0v) is 28.9. The molecule has 0 saturated carbocycles. The fraction of sp³-hybridized carbons (Fsp3) is 0.286. The molecule has 0 bridgehead atoms. The first-order chi connectivity index (χ1) is 23.1. The molecule has 246 valence electrons. The van der Waals surface area contributed by atoms with Gasteiger partial charge in [-0.3, -0.25) is 20.0 Å². The summed E-state index contributed by atoms with van der Waals surface area (Å²) in [5, 5.41) is 8.99. The highest BCUT2D eigenvalue weighted by molar-refractivity contribution is 5.68. The van der Waals surface area contributed by atoms with Crippen LogP contribution in [0.25, 0.3) is 0 Å². The Hall–Kier alpha value is -4.78. The third kappa shape index (κ3) is 6.26. The second kappa shape index (κ2) is 12.7. The van der Waals surface area contributed by atoms with Crippen molar-refractivity contribution in [2.75, 3.05) is 33.5 Å². The van der Waals surface area contributed by atoms with Crippen molar-refractivity contribution < 1.29 is 9.47 Å². The number of hydrazine groups is 2. The smallest absolute Gasteiger partial charge is 0.177 e. The van der Waals surface area contributed by atoms with Gasteiger partial charge >= 0.3 is 0 Å². The van der Waals surface area contributed by atoms with Gasteiger partial charge in [0.2, 0.25) is 0 Å². The van der Waals surface area contributed by atoms with E-state index >= 15 is 0 Å². The van der Waals surface area contributed by atoms with Crippen LogP contribution in [0.2, 0.25) is 0 Å². The topological polar surface area (TPSA) is 31.4 Å². The Morgan fingerprint density at radius 3 is 1.15 bits per heavy atom. The monoisotopic (exact) mass is 638 g/mol. The van der Waals surface area contributed by atoms with Gasteiger partial charge in [-0.1, -0.05) is 133 Å². The predicted octanol–water partition coefficient (Wildman–Crippen LogP) is 10.1. The molecule has 5 aromatic rings. The van der Waals surface area contributed by atoms with Crippen LogP contribution < -0.4 is 20.0 Å². The molecule has 2 fully saturated rings. The van der Waals surface area contributed by atoms with Crippen molar-refractivity contribution in [3.05, 3.63) is 156 Å². The third-order valence-electron chi connectivity index (χ3n) is 9.26. The summed E-state index contributed by atoms with van der Waals surface area (Å²) in [5.74, 6) is 0. The van der Waals surface area contributed by atoms with E-state index in [1.54, 1.807) is 0 Å². The molecule has 6 nitrogen and oxygen atoms in total. The van der Waals surface area contributed by atoms with Crippen LogP contribution in [-0.4, -0.2) is 13.5 Å². The van der Waals surface area contributed by atoms with Crippen molar-refractivity contribution in [1.29, 1.82) is 0 Å². The largest absolute Gasteiger partial charge is 0.330 e. The van der Waals surface area contributed by atoms with Gasteiger partial charge in [-0.2, -0.15) is 0 Å². The Bertz CT molecular complexity index is 1680. The Morgan fingerprint density at radius 2 is 0.792 bits per heavy atom. The summed E-state index contributed by atoms with van der Waals surface area (Å²) in [6, 6.07) is 47.4. The highest BCUT2D eigenvalue weighted by Gasteiger charge is 2.37. The quantitative estimate of drug-likeness (QED) is 0.184. The van der Waals surface area contributed by atoms with Gasteiger partial charge in [0, 0.05) is 11.1 Å². The second-order valence-corrected chi connectivity index (χ2v) is 14.7. The fourth-order valence-electron chi connectivity index (χ4n) is 6.49. The molecule has 0 amide bonds. The van der Waals surface area contributed by atoms with Crippen molar-refractivity contribution in [3.63, 3.8) is 0 Å². The Morgan fingerprint density at radius 1 is 0.438 bits per heavy atom. The summed E-state index contributed by atoms with van der Waals surface area (Å²) >= 11 is 0. The van der Waals surface area contributed by atoms with E-state index in [4.69, 9.17) is 9.47 Å². The molecule has 2 atom stereocenters. The van der Waals surface area contributed by atoms with E-state index < -0.39 is 0 Å². The van der Waals surface area contributed by atoms with Crippen LogP contribution in [0.4, 0.5) is 22.7 Å². The minimum Gasteiger partial charge on any atom is -0.330 e. The molecule has 0 spiro atoms. The lowest BCUT2D eigenvalue weighted by Gasteiger charge is -2.35. The summed E-state index contributed by atoms with van der Waals surface area (Å²) in [6.07, 6.45) is -0.525. The molecule has 6 heteroatoms. The Labute approximate surface area is 285 Å². The number of ether oxygens (including phenoxy) is 2. The van der Waals surface area contributed by atoms with E-state index in [1.807, 2.05) is 0 Å². The van der Waals surface area contributed by atoms with Gasteiger partial charge in [0.15, 0.2) is 12.5 Å². The third-order valence-corrected chi connectivity index (χ3v) is 9.26. The number of anilines is 4. The summed E-state index contributed by atoms with van der Waals surface area (Å²) in [7, 11) is 0. The first-order valence-electron chi connectivity index (χ1n) is 16.9. The number of hydrogen-bond donors (Lipinski definition) is 0. The zero-order chi connectivity index (χ0) is 33.5. The zero-order valence-electron chi connectivity index (χ0n) is 28.9. The van der Waals surface area contributed by atoms with Gasteiger partial charge < -0.3 is 9.47 Å². The van der Waals surface area contributed by atoms with Crippen LogP contribution in [0, 0.1) is 0 Å². The highest BCUT2D eigenvalue weighted by atomic mass is 16.6. The molecule has 0 aliphatic carbocycles. The SMILES string of the molecule is CC(C)(C)c1ccc(C2OCN(c3cccc(N4COC(c5ccc(C(C)(C)C)cc5)N4c4ccccc4)c3)N2c2ccccc2)cc1. The molecule has 0 aromatic heterocycles. The molecule has 7 rings (SSSR count). The number of rotatable bonds is 6. The molecule has 0 radical (unpaired) electrons. The van der Waals surface area contributed by atoms with E-state index in [0.29, 0.717) is 13.5 Å². The van der Waals surface area contributed by atoms with Crippen LogP contribution in [0.3, 0.4) is 0 Å². The lowest BCUT2D eigenvalue weighted by molar-refractivity contribution is 0.113. The molecule has 2 unspecified atom stereocenters. The van der Waals surface area contributed by atoms with Crippen LogP contribution in [0.5, 0.6) is 0 Å². The number of para-hydroxylation sites is 2. The minimum atomic E-state index is -0.263. The maximum Gasteiger partial charge on any atom is 0.177 e. The summed E-state index contributed by atoms with van der Waals surface area (Å²) in [5.41, 5.74) is 9.23. The number of benzene rings is 5. The van der Waals surface area contributed by atoms with Crippen molar-refractivity contribution >= 4 is 22.7 Å². The van der Waals surface area contributed by atoms with Gasteiger partial charge in [-0.25, -0.2) is 0 Å². The van der Waals surface area contributed by atoms with Crippen LogP contribution in [0.1, 0.15) is 76.3 Å². The van der Waals surface area contributed by atoms with Gasteiger partial charge in [0.25, 0.3) is 0 Å². The molecule has 2 heterocycles. The van der Waals surface area contributed by atoms with Crippen LogP contribution in [-0.2, 0) is 20.3 Å². The maximum atomic E-state index is 6.57. The van der Waals surface area contributed by atoms with Crippen molar-refractivity contribution in [3.8, 4) is 0 Å². The first-order valence-corrected chi connectivity index (χ1v) is 16.9. The highest BCUT2D eigenvalue weighted by Crippen LogP contribution is 2.42. The Balaban J connectivity index is 1.22. The van der Waals surface area contributed by atoms with Gasteiger partial charge in [0.05, 0.1) is 22.7 Å². The molecule has 2 aliphatic rings. The maximum absolute atomic E-state index is 6.57. The number of nitrogens with zero attached hydrogens (tertiary/aromatic N) is 4. The molecule has 5 aromatic carbocycles. The van der Waals surface area contributed by atoms with Crippen molar-refractivity contribution in [1.82, 2.24) is 0 Å². The summed E-state index contributed by atoms with van der Waals surface area (Å²) in [6.45, 7) is 14.3. The van der Waals surface area contributed by atoms with Crippen LogP contribution in [0.15, 0.2) is 133 Å². The fourth-order valence-corrected chi connectivity index (χ4v) is 6.49. The average Bonchev–Trinajstić information content (AvgIpc) is 3.74. The molecule has 2 saturated heterocycles. The summed E-state index contributed by atoms with van der Waals surface area (Å²) in [4.78, 5) is 0. The lowest BCUT2D eigenvalue weighted by Crippen LogP contribution is -2.39. The predicted molar refractivity (Wildman–Crippen MR) is 197 cm³/mol. The van der Waals surface area contributed by atoms with Crippen molar-refractivity contribution in [2.45, 2.75) is 64.8 Å². The molecule has 2 aliphatic heterocycles. The minimum absolute atomic E-state index is 0.0858. The Kier molecular flexibility index (Phi) is 8.40. The standard InChI is InChI=1S/C42H46N4O2/c1-41(2,3)33-24-20-31(21-25-33)39-45(35-14-9-7-10-15-35)43(29-47-39)37-18-13-19-38(28-37)44-30-48-40(46(44)36-16-11-8-12-17-36)32-22-26-34(27-23-32)42(4,5)6/h7-28,39-40H,29-30H2,1-6H3. The normalized spacial score (nSPS) is 18.5.